The van der Waals surface area contributed by atoms with Crippen molar-refractivity contribution in [2.75, 3.05) is 92.5 Å². The van der Waals surface area contributed by atoms with Crippen molar-refractivity contribution in [2.24, 2.45) is 0 Å². The molecule has 0 amide bonds. The van der Waals surface area contributed by atoms with Gasteiger partial charge in [0.05, 0.1) is 85.9 Å². The van der Waals surface area contributed by atoms with E-state index in [-0.39, 0.29) is 0 Å². The van der Waals surface area contributed by atoms with Gasteiger partial charge in [-0.05, 0) is 47.2 Å². The second kappa shape index (κ2) is 28.8. The molecular formula is C47H64O8. The third-order valence-electron chi connectivity index (χ3n) is 9.19. The van der Waals surface area contributed by atoms with Crippen molar-refractivity contribution < 1.29 is 37.9 Å². The van der Waals surface area contributed by atoms with Gasteiger partial charge in [-0.3, -0.25) is 0 Å². The summed E-state index contributed by atoms with van der Waals surface area (Å²) >= 11 is 0. The summed E-state index contributed by atoms with van der Waals surface area (Å²) in [5, 5.41) is 0. The Hall–Kier alpha value is -3.60. The Morgan fingerprint density at radius 3 is 1.15 bits per heavy atom. The van der Waals surface area contributed by atoms with E-state index in [0.29, 0.717) is 92.5 Å². The van der Waals surface area contributed by atoms with Gasteiger partial charge in [-0.1, -0.05) is 142 Å². The van der Waals surface area contributed by atoms with Crippen LogP contribution in [0.5, 0.6) is 5.75 Å². The lowest BCUT2D eigenvalue weighted by atomic mass is 9.80. The van der Waals surface area contributed by atoms with Crippen molar-refractivity contribution in [1.82, 2.24) is 0 Å². The molecule has 4 aromatic rings. The maximum atomic E-state index is 6.74. The smallest absolute Gasteiger partial charge is 0.143 e. The van der Waals surface area contributed by atoms with Gasteiger partial charge in [0.1, 0.15) is 18.0 Å². The third-order valence-corrected chi connectivity index (χ3v) is 9.19. The van der Waals surface area contributed by atoms with Crippen LogP contribution in [0.2, 0.25) is 0 Å². The van der Waals surface area contributed by atoms with Gasteiger partial charge in [-0.2, -0.15) is 0 Å². The van der Waals surface area contributed by atoms with Crippen LogP contribution in [0.3, 0.4) is 0 Å². The number of hydrogen-bond acceptors (Lipinski definition) is 8. The molecule has 4 rings (SSSR count). The molecule has 0 atom stereocenters. The summed E-state index contributed by atoms with van der Waals surface area (Å²) in [6.07, 6.45) is 9.09. The largest absolute Gasteiger partial charge is 0.491 e. The summed E-state index contributed by atoms with van der Waals surface area (Å²) in [7, 11) is 0. The summed E-state index contributed by atoms with van der Waals surface area (Å²) in [5.74, 6) is 0.886. The number of rotatable bonds is 33. The van der Waals surface area contributed by atoms with Gasteiger partial charge in [0, 0.05) is 0 Å². The fourth-order valence-corrected chi connectivity index (χ4v) is 6.30. The van der Waals surface area contributed by atoms with Crippen LogP contribution in [-0.4, -0.2) is 92.5 Å². The summed E-state index contributed by atoms with van der Waals surface area (Å²) < 4.78 is 46.5. The highest BCUT2D eigenvalue weighted by molar-refractivity contribution is 5.47. The summed E-state index contributed by atoms with van der Waals surface area (Å²) in [4.78, 5) is 0. The van der Waals surface area contributed by atoms with Crippen LogP contribution in [0, 0.1) is 0 Å². The lowest BCUT2D eigenvalue weighted by molar-refractivity contribution is -0.0395. The van der Waals surface area contributed by atoms with Gasteiger partial charge in [0.25, 0.3) is 0 Å². The Labute approximate surface area is 330 Å². The maximum Gasteiger partial charge on any atom is 0.143 e. The average Bonchev–Trinajstić information content (AvgIpc) is 3.24. The molecule has 0 aliphatic rings. The lowest BCUT2D eigenvalue weighted by Gasteiger charge is -2.36. The number of benzene rings is 4. The molecule has 4 aromatic carbocycles. The van der Waals surface area contributed by atoms with E-state index in [4.69, 9.17) is 37.9 Å². The zero-order valence-corrected chi connectivity index (χ0v) is 33.1. The minimum atomic E-state index is -0.746. The van der Waals surface area contributed by atoms with Crippen molar-refractivity contribution in [2.45, 2.75) is 57.5 Å². The molecule has 0 aromatic heterocycles. The topological polar surface area (TPSA) is 73.8 Å². The second-order valence-corrected chi connectivity index (χ2v) is 13.3. The molecule has 0 aliphatic carbocycles. The Morgan fingerprint density at radius 2 is 0.727 bits per heavy atom. The molecule has 8 heteroatoms. The molecule has 0 unspecified atom stereocenters. The zero-order valence-electron chi connectivity index (χ0n) is 33.1. The molecular weight excluding hydrogens is 693 g/mol. The first-order valence-corrected chi connectivity index (χ1v) is 20.3. The molecule has 55 heavy (non-hydrogen) atoms. The van der Waals surface area contributed by atoms with Crippen LogP contribution in [0.4, 0.5) is 0 Å². The van der Waals surface area contributed by atoms with Gasteiger partial charge in [0.15, 0.2) is 0 Å². The molecule has 0 radical (unpaired) electrons. The molecule has 0 heterocycles. The van der Waals surface area contributed by atoms with Crippen LogP contribution >= 0.6 is 0 Å². The van der Waals surface area contributed by atoms with Crippen LogP contribution in [-0.2, 0) is 45.2 Å². The third kappa shape index (κ3) is 17.4. The van der Waals surface area contributed by atoms with Crippen molar-refractivity contribution in [3.63, 3.8) is 0 Å². The van der Waals surface area contributed by atoms with E-state index in [9.17, 15) is 0 Å². The summed E-state index contributed by atoms with van der Waals surface area (Å²) in [6, 6.07) is 39.5. The SMILES string of the molecule is CCCCCCCCc1ccc(OCCOCCOCCOCCOCCOCCOCCOC(c2ccccc2)(c2ccccc2)c2ccccc2)cc1. The van der Waals surface area contributed by atoms with E-state index >= 15 is 0 Å². The predicted octanol–water partition coefficient (Wildman–Crippen LogP) is 9.08. The van der Waals surface area contributed by atoms with E-state index < -0.39 is 5.60 Å². The van der Waals surface area contributed by atoms with Gasteiger partial charge >= 0.3 is 0 Å². The van der Waals surface area contributed by atoms with Crippen LogP contribution in [0.15, 0.2) is 115 Å². The van der Waals surface area contributed by atoms with Gasteiger partial charge in [-0.25, -0.2) is 0 Å². The minimum absolute atomic E-state index is 0.422. The maximum absolute atomic E-state index is 6.74. The fraction of sp³-hybridized carbons (Fsp3) is 0.489. The molecule has 0 aliphatic heterocycles. The van der Waals surface area contributed by atoms with Gasteiger partial charge in [0.2, 0.25) is 0 Å². The van der Waals surface area contributed by atoms with Crippen molar-refractivity contribution >= 4 is 0 Å². The molecule has 0 saturated heterocycles. The molecule has 0 bridgehead atoms. The fourth-order valence-electron chi connectivity index (χ4n) is 6.30. The second-order valence-electron chi connectivity index (χ2n) is 13.3. The van der Waals surface area contributed by atoms with Crippen LogP contribution in [0.25, 0.3) is 0 Å². The van der Waals surface area contributed by atoms with E-state index in [2.05, 4.69) is 67.6 Å². The molecule has 0 N–H and O–H groups in total. The Morgan fingerprint density at radius 1 is 0.364 bits per heavy atom. The first-order chi connectivity index (χ1) is 27.3. The van der Waals surface area contributed by atoms with Crippen molar-refractivity contribution in [3.05, 3.63) is 138 Å². The van der Waals surface area contributed by atoms with E-state index in [1.165, 1.54) is 44.1 Å². The molecule has 8 nitrogen and oxygen atoms in total. The summed E-state index contributed by atoms with van der Waals surface area (Å²) in [5.41, 5.74) is 3.85. The molecule has 300 valence electrons. The molecule has 0 fully saturated rings. The number of unbranched alkanes of at least 4 members (excludes halogenated alkanes) is 5. The highest BCUT2D eigenvalue weighted by Gasteiger charge is 2.37. The number of hydrogen-bond donors (Lipinski definition) is 0. The molecule has 0 saturated carbocycles. The Kier molecular flexibility index (Phi) is 23.1. The lowest BCUT2D eigenvalue weighted by Crippen LogP contribution is -2.34. The predicted molar refractivity (Wildman–Crippen MR) is 219 cm³/mol. The van der Waals surface area contributed by atoms with Gasteiger partial charge in [-0.15, -0.1) is 0 Å². The van der Waals surface area contributed by atoms with Gasteiger partial charge < -0.3 is 37.9 Å². The quantitative estimate of drug-likeness (QED) is 0.0352. The van der Waals surface area contributed by atoms with Crippen LogP contribution in [0.1, 0.15) is 67.7 Å². The zero-order chi connectivity index (χ0) is 38.3. The minimum Gasteiger partial charge on any atom is -0.491 e. The number of ether oxygens (including phenoxy) is 8. The average molecular weight is 757 g/mol. The Balaban J connectivity index is 0.922. The highest BCUT2D eigenvalue weighted by Crippen LogP contribution is 2.40. The first kappa shape index (κ1) is 44.1. The van der Waals surface area contributed by atoms with Crippen molar-refractivity contribution in [1.29, 1.82) is 0 Å². The van der Waals surface area contributed by atoms with E-state index in [0.717, 1.165) is 28.9 Å². The van der Waals surface area contributed by atoms with Crippen molar-refractivity contribution in [3.8, 4) is 5.75 Å². The number of aryl methyl sites for hydroxylation is 1. The van der Waals surface area contributed by atoms with E-state index in [1.807, 2.05) is 54.6 Å². The normalized spacial score (nSPS) is 11.6. The van der Waals surface area contributed by atoms with Crippen LogP contribution < -0.4 is 4.74 Å². The highest BCUT2D eigenvalue weighted by atomic mass is 16.6. The molecule has 0 spiro atoms. The Bertz CT molecular complexity index is 1360. The monoisotopic (exact) mass is 756 g/mol. The summed E-state index contributed by atoms with van der Waals surface area (Å²) in [6.45, 7) is 9.26. The standard InChI is InChI=1S/C47H64O8/c1-2-3-4-5-6-10-17-42-24-26-46(27-25-42)54-40-38-52-36-34-50-32-30-48-28-29-49-31-33-51-35-37-53-39-41-55-47(43-18-11-7-12-19-43,44-20-13-8-14-21-44)45-22-15-9-16-23-45/h7-9,11-16,18-27H,2-6,10,17,28-41H2,1H3. The first-order valence-electron chi connectivity index (χ1n) is 20.3. The van der Waals surface area contributed by atoms with E-state index in [1.54, 1.807) is 0 Å².